The molecule has 0 spiro atoms. The third kappa shape index (κ3) is 4.27. The molecule has 0 aromatic carbocycles. The third-order valence-electron chi connectivity index (χ3n) is 4.30. The fourth-order valence-electron chi connectivity index (χ4n) is 2.93. The Labute approximate surface area is 111 Å². The molecular formula is C15H29NO2. The van der Waals surface area contributed by atoms with Crippen LogP contribution in [0.3, 0.4) is 0 Å². The molecule has 1 aliphatic carbocycles. The van der Waals surface area contributed by atoms with Gasteiger partial charge in [0.05, 0.1) is 0 Å². The number of aliphatic carboxylic acids is 1. The smallest absolute Gasteiger partial charge is 0.320 e. The van der Waals surface area contributed by atoms with E-state index in [-0.39, 0.29) is 5.92 Å². The van der Waals surface area contributed by atoms with Crippen molar-refractivity contribution in [2.24, 2.45) is 17.3 Å². The molecule has 1 fully saturated rings. The summed E-state index contributed by atoms with van der Waals surface area (Å²) in [6.07, 6.45) is 4.65. The molecule has 0 saturated heterocycles. The summed E-state index contributed by atoms with van der Waals surface area (Å²) in [5.74, 6) is 0.198. The van der Waals surface area contributed by atoms with Crippen LogP contribution < -0.4 is 5.32 Å². The lowest BCUT2D eigenvalue weighted by molar-refractivity contribution is -0.141. The van der Waals surface area contributed by atoms with Crippen molar-refractivity contribution in [3.05, 3.63) is 0 Å². The first-order valence-electron chi connectivity index (χ1n) is 7.20. The van der Waals surface area contributed by atoms with Crippen LogP contribution in [0.4, 0.5) is 0 Å². The zero-order valence-electron chi connectivity index (χ0n) is 12.5. The van der Waals surface area contributed by atoms with E-state index in [9.17, 15) is 9.90 Å². The second-order valence-electron chi connectivity index (χ2n) is 7.14. The molecule has 0 amide bonds. The van der Waals surface area contributed by atoms with Gasteiger partial charge >= 0.3 is 5.97 Å². The van der Waals surface area contributed by atoms with Crippen LogP contribution in [-0.4, -0.2) is 23.2 Å². The summed E-state index contributed by atoms with van der Waals surface area (Å²) >= 11 is 0. The Morgan fingerprint density at radius 1 is 1.17 bits per heavy atom. The van der Waals surface area contributed by atoms with Gasteiger partial charge in [-0.3, -0.25) is 4.79 Å². The minimum Gasteiger partial charge on any atom is -0.480 e. The molecule has 0 bridgehead atoms. The van der Waals surface area contributed by atoms with Crippen LogP contribution in [0.25, 0.3) is 0 Å². The molecule has 0 aromatic rings. The fourth-order valence-corrected chi connectivity index (χ4v) is 2.93. The summed E-state index contributed by atoms with van der Waals surface area (Å²) in [7, 11) is 0. The maximum atomic E-state index is 11.2. The van der Waals surface area contributed by atoms with E-state index in [2.05, 4.69) is 26.1 Å². The largest absolute Gasteiger partial charge is 0.480 e. The van der Waals surface area contributed by atoms with Crippen LogP contribution in [-0.2, 0) is 4.79 Å². The SMILES string of the molecule is CC(C)C(NC1CCC(C(C)(C)C)CC1)C(=O)O. The number of carbonyl (C=O) groups is 1. The van der Waals surface area contributed by atoms with Crippen LogP contribution in [0.5, 0.6) is 0 Å². The maximum absolute atomic E-state index is 11.2. The van der Waals surface area contributed by atoms with E-state index in [0.717, 1.165) is 18.8 Å². The predicted molar refractivity (Wildman–Crippen MR) is 74.6 cm³/mol. The standard InChI is InChI=1S/C15H29NO2/c1-10(2)13(14(17)18)16-12-8-6-11(7-9-12)15(3,4)5/h10-13,16H,6-9H2,1-5H3,(H,17,18). The Bertz CT molecular complexity index is 273. The van der Waals surface area contributed by atoms with Gasteiger partial charge in [0.25, 0.3) is 0 Å². The van der Waals surface area contributed by atoms with E-state index in [1.54, 1.807) is 0 Å². The summed E-state index contributed by atoms with van der Waals surface area (Å²) in [6.45, 7) is 10.8. The quantitative estimate of drug-likeness (QED) is 0.810. The zero-order chi connectivity index (χ0) is 13.9. The van der Waals surface area contributed by atoms with Gasteiger partial charge < -0.3 is 10.4 Å². The fraction of sp³-hybridized carbons (Fsp3) is 0.933. The predicted octanol–water partition coefficient (Wildman–Crippen LogP) is 3.29. The van der Waals surface area contributed by atoms with Gasteiger partial charge in [0.15, 0.2) is 0 Å². The topological polar surface area (TPSA) is 49.3 Å². The molecule has 106 valence electrons. The lowest BCUT2D eigenvalue weighted by Gasteiger charge is -2.38. The summed E-state index contributed by atoms with van der Waals surface area (Å²) < 4.78 is 0. The van der Waals surface area contributed by atoms with Crippen molar-refractivity contribution >= 4 is 5.97 Å². The number of carboxylic acid groups (broad SMARTS) is 1. The van der Waals surface area contributed by atoms with Crippen molar-refractivity contribution in [2.45, 2.75) is 72.4 Å². The van der Waals surface area contributed by atoms with Crippen molar-refractivity contribution in [1.82, 2.24) is 5.32 Å². The molecule has 1 aliphatic rings. The summed E-state index contributed by atoms with van der Waals surface area (Å²) in [6, 6.07) is -0.0201. The van der Waals surface area contributed by atoms with Crippen LogP contribution in [0.15, 0.2) is 0 Å². The van der Waals surface area contributed by atoms with Gasteiger partial charge in [-0.2, -0.15) is 0 Å². The molecule has 1 unspecified atom stereocenters. The first-order chi connectivity index (χ1) is 8.21. The number of nitrogens with one attached hydrogen (secondary N) is 1. The van der Waals surface area contributed by atoms with Crippen molar-refractivity contribution < 1.29 is 9.90 Å². The molecule has 0 heterocycles. The van der Waals surface area contributed by atoms with Gasteiger partial charge in [-0.25, -0.2) is 0 Å². The Morgan fingerprint density at radius 3 is 2.00 bits per heavy atom. The summed E-state index contributed by atoms with van der Waals surface area (Å²) in [4.78, 5) is 11.2. The van der Waals surface area contributed by atoms with E-state index in [4.69, 9.17) is 0 Å². The normalized spacial score (nSPS) is 27.2. The molecule has 0 aromatic heterocycles. The number of rotatable bonds is 4. The lowest BCUT2D eigenvalue weighted by Crippen LogP contribution is -2.48. The molecule has 18 heavy (non-hydrogen) atoms. The first-order valence-corrected chi connectivity index (χ1v) is 7.20. The number of hydrogen-bond donors (Lipinski definition) is 2. The lowest BCUT2D eigenvalue weighted by atomic mass is 9.71. The second kappa shape index (κ2) is 6.05. The molecule has 3 nitrogen and oxygen atoms in total. The van der Waals surface area contributed by atoms with E-state index in [1.807, 2.05) is 13.8 Å². The van der Waals surface area contributed by atoms with Crippen molar-refractivity contribution in [3.63, 3.8) is 0 Å². The Morgan fingerprint density at radius 2 is 1.67 bits per heavy atom. The van der Waals surface area contributed by atoms with Crippen LogP contribution in [0.1, 0.15) is 60.3 Å². The van der Waals surface area contributed by atoms with E-state index >= 15 is 0 Å². The third-order valence-corrected chi connectivity index (χ3v) is 4.30. The highest BCUT2D eigenvalue weighted by atomic mass is 16.4. The molecule has 1 rings (SSSR count). The van der Waals surface area contributed by atoms with Crippen LogP contribution in [0, 0.1) is 17.3 Å². The monoisotopic (exact) mass is 255 g/mol. The van der Waals surface area contributed by atoms with Gasteiger partial charge in [0, 0.05) is 6.04 Å². The number of carboxylic acids is 1. The van der Waals surface area contributed by atoms with Crippen LogP contribution in [0.2, 0.25) is 0 Å². The van der Waals surface area contributed by atoms with Crippen LogP contribution >= 0.6 is 0 Å². The Balaban J connectivity index is 2.46. The maximum Gasteiger partial charge on any atom is 0.320 e. The molecule has 0 aliphatic heterocycles. The van der Waals surface area contributed by atoms with Gasteiger partial charge in [-0.1, -0.05) is 34.6 Å². The van der Waals surface area contributed by atoms with Crippen molar-refractivity contribution in [3.8, 4) is 0 Å². The minimum atomic E-state index is -0.719. The Hall–Kier alpha value is -0.570. The Kier molecular flexibility index (Phi) is 5.20. The first kappa shape index (κ1) is 15.5. The van der Waals surface area contributed by atoms with Gasteiger partial charge in [0.2, 0.25) is 0 Å². The van der Waals surface area contributed by atoms with Crippen molar-refractivity contribution in [2.75, 3.05) is 0 Å². The molecular weight excluding hydrogens is 226 g/mol. The second-order valence-corrected chi connectivity index (χ2v) is 7.14. The molecule has 3 heteroatoms. The summed E-state index contributed by atoms with van der Waals surface area (Å²) in [5.41, 5.74) is 0.384. The highest BCUT2D eigenvalue weighted by Crippen LogP contribution is 2.37. The van der Waals surface area contributed by atoms with Gasteiger partial charge in [-0.15, -0.1) is 0 Å². The molecule has 1 saturated carbocycles. The van der Waals surface area contributed by atoms with Gasteiger partial charge in [-0.05, 0) is 42.9 Å². The molecule has 2 N–H and O–H groups in total. The minimum absolute atomic E-state index is 0.142. The van der Waals surface area contributed by atoms with E-state index < -0.39 is 12.0 Å². The van der Waals surface area contributed by atoms with Gasteiger partial charge in [0.1, 0.15) is 6.04 Å². The molecule has 0 radical (unpaired) electrons. The highest BCUT2D eigenvalue weighted by Gasteiger charge is 2.32. The average Bonchev–Trinajstić information content (AvgIpc) is 2.24. The average molecular weight is 255 g/mol. The summed E-state index contributed by atoms with van der Waals surface area (Å²) in [5, 5.41) is 12.5. The number of hydrogen-bond acceptors (Lipinski definition) is 2. The zero-order valence-corrected chi connectivity index (χ0v) is 12.5. The molecule has 1 atom stereocenters. The highest BCUT2D eigenvalue weighted by molar-refractivity contribution is 5.73. The van der Waals surface area contributed by atoms with E-state index in [0.29, 0.717) is 11.5 Å². The van der Waals surface area contributed by atoms with Crippen molar-refractivity contribution in [1.29, 1.82) is 0 Å². The van der Waals surface area contributed by atoms with E-state index in [1.165, 1.54) is 12.8 Å².